The first-order valence-corrected chi connectivity index (χ1v) is 8.20. The molecule has 4 nitrogen and oxygen atoms in total. The second kappa shape index (κ2) is 10.0. The minimum absolute atomic E-state index is 0.208. The molecule has 0 aliphatic rings. The van der Waals surface area contributed by atoms with Gasteiger partial charge in [0.1, 0.15) is 18.2 Å². The maximum absolute atomic E-state index is 13.7. The molecule has 0 heterocycles. The van der Waals surface area contributed by atoms with Crippen LogP contribution in [-0.2, 0) is 13.2 Å². The largest absolute Gasteiger partial charge is 0.488 e. The topological polar surface area (TPSA) is 53.5 Å². The van der Waals surface area contributed by atoms with Gasteiger partial charge in [-0.15, -0.1) is 0 Å². The molecule has 0 unspecified atom stereocenters. The van der Waals surface area contributed by atoms with Gasteiger partial charge < -0.3 is 20.5 Å². The first-order chi connectivity index (χ1) is 11.7. The summed E-state index contributed by atoms with van der Waals surface area (Å²) in [5.74, 6) is 0.502. The van der Waals surface area contributed by atoms with Gasteiger partial charge in [0.2, 0.25) is 0 Å². The molecule has 0 fully saturated rings. The lowest BCUT2D eigenvalue weighted by molar-refractivity contribution is 0.191. The second-order valence-electron chi connectivity index (χ2n) is 5.72. The number of rotatable bonds is 10. The van der Waals surface area contributed by atoms with E-state index in [0.29, 0.717) is 18.7 Å². The number of aliphatic hydroxyl groups is 1. The summed E-state index contributed by atoms with van der Waals surface area (Å²) in [6, 6.07) is 14.4. The summed E-state index contributed by atoms with van der Waals surface area (Å²) in [6.45, 7) is 4.79. The van der Waals surface area contributed by atoms with E-state index in [1.165, 1.54) is 6.07 Å². The third kappa shape index (κ3) is 6.28. The van der Waals surface area contributed by atoms with Crippen LogP contribution in [0.3, 0.4) is 0 Å². The smallest absolute Gasteiger partial charge is 0.129 e. The summed E-state index contributed by atoms with van der Waals surface area (Å²) in [4.78, 5) is 0. The molecule has 0 saturated heterocycles. The number of halogens is 1. The summed E-state index contributed by atoms with van der Waals surface area (Å²) in [7, 11) is 0. The monoisotopic (exact) mass is 332 g/mol. The predicted molar refractivity (Wildman–Crippen MR) is 93.4 cm³/mol. The number of para-hydroxylation sites is 1. The molecule has 0 bridgehead atoms. The van der Waals surface area contributed by atoms with Crippen LogP contribution >= 0.6 is 0 Å². The molecule has 1 atom stereocenters. The first-order valence-electron chi connectivity index (χ1n) is 8.20. The highest BCUT2D eigenvalue weighted by Crippen LogP contribution is 2.19. The highest BCUT2D eigenvalue weighted by molar-refractivity contribution is 5.33. The zero-order valence-corrected chi connectivity index (χ0v) is 14.0. The minimum atomic E-state index is -0.336. The molecule has 2 rings (SSSR count). The molecular weight excluding hydrogens is 307 g/mol. The highest BCUT2D eigenvalue weighted by atomic mass is 19.1. The van der Waals surface area contributed by atoms with Crippen molar-refractivity contribution >= 4 is 0 Å². The molecule has 2 aromatic rings. The van der Waals surface area contributed by atoms with Crippen molar-refractivity contribution < 1.29 is 14.2 Å². The molecule has 3 N–H and O–H groups in total. The van der Waals surface area contributed by atoms with Crippen LogP contribution in [-0.4, -0.2) is 30.8 Å². The minimum Gasteiger partial charge on any atom is -0.488 e. The summed E-state index contributed by atoms with van der Waals surface area (Å²) in [5.41, 5.74) is 1.58. The summed E-state index contributed by atoms with van der Waals surface area (Å²) >= 11 is 0. The van der Waals surface area contributed by atoms with Crippen molar-refractivity contribution in [3.8, 4) is 5.75 Å². The Balaban J connectivity index is 1.80. The first kappa shape index (κ1) is 18.4. The van der Waals surface area contributed by atoms with E-state index in [4.69, 9.17) is 9.84 Å². The average molecular weight is 332 g/mol. The number of hydrogen-bond acceptors (Lipinski definition) is 4. The fourth-order valence-electron chi connectivity index (χ4n) is 2.27. The zero-order chi connectivity index (χ0) is 17.2. The van der Waals surface area contributed by atoms with Crippen molar-refractivity contribution in [1.82, 2.24) is 10.6 Å². The zero-order valence-electron chi connectivity index (χ0n) is 14.0. The Morgan fingerprint density at radius 1 is 1.00 bits per heavy atom. The predicted octanol–water partition coefficient (Wildman–Crippen LogP) is 2.46. The second-order valence-corrected chi connectivity index (χ2v) is 5.72. The van der Waals surface area contributed by atoms with Crippen molar-refractivity contribution in [3.63, 3.8) is 0 Å². The van der Waals surface area contributed by atoms with Crippen LogP contribution in [0.4, 0.5) is 4.39 Å². The molecule has 0 aromatic heterocycles. The third-order valence-electron chi connectivity index (χ3n) is 3.55. The fraction of sp³-hybridized carbons (Fsp3) is 0.368. The van der Waals surface area contributed by atoms with Crippen LogP contribution in [0.15, 0.2) is 48.5 Å². The maximum atomic E-state index is 13.7. The van der Waals surface area contributed by atoms with Crippen molar-refractivity contribution in [2.75, 3.05) is 19.6 Å². The van der Waals surface area contributed by atoms with Crippen LogP contribution in [0.1, 0.15) is 18.1 Å². The molecule has 0 aliphatic carbocycles. The number of benzene rings is 2. The molecule has 0 aliphatic heterocycles. The normalized spacial score (nSPS) is 12.1. The lowest BCUT2D eigenvalue weighted by atomic mass is 10.2. The number of nitrogens with one attached hydrogen (secondary N) is 2. The fourth-order valence-corrected chi connectivity index (χ4v) is 2.27. The van der Waals surface area contributed by atoms with E-state index in [2.05, 4.69) is 10.6 Å². The van der Waals surface area contributed by atoms with E-state index < -0.39 is 0 Å². The molecule has 0 radical (unpaired) electrons. The Morgan fingerprint density at radius 2 is 1.67 bits per heavy atom. The summed E-state index contributed by atoms with van der Waals surface area (Å²) in [6.07, 6.45) is -0.336. The quantitative estimate of drug-likeness (QED) is 0.585. The molecule has 2 aromatic carbocycles. The van der Waals surface area contributed by atoms with Crippen molar-refractivity contribution in [3.05, 3.63) is 65.5 Å². The van der Waals surface area contributed by atoms with Gasteiger partial charge in [0, 0.05) is 37.3 Å². The SMILES string of the molecule is C[C@@H](O)CNCCNCc1ccccc1OCc1ccccc1F. The van der Waals surface area contributed by atoms with E-state index in [1.54, 1.807) is 25.1 Å². The number of ether oxygens (including phenoxy) is 1. The van der Waals surface area contributed by atoms with Crippen LogP contribution in [0, 0.1) is 5.82 Å². The molecule has 0 amide bonds. The van der Waals surface area contributed by atoms with Gasteiger partial charge in [0.05, 0.1) is 6.10 Å². The Labute approximate surface area is 142 Å². The Hall–Kier alpha value is -1.95. The molecular formula is C19H25FN2O2. The van der Waals surface area contributed by atoms with Crippen molar-refractivity contribution in [1.29, 1.82) is 0 Å². The Morgan fingerprint density at radius 3 is 2.42 bits per heavy atom. The van der Waals surface area contributed by atoms with E-state index in [1.807, 2.05) is 24.3 Å². The summed E-state index contributed by atoms with van der Waals surface area (Å²) < 4.78 is 19.4. The lowest BCUT2D eigenvalue weighted by Crippen LogP contribution is -2.31. The molecule has 0 saturated carbocycles. The standard InChI is InChI=1S/C19H25FN2O2/c1-15(23)12-21-10-11-22-13-16-6-3-5-9-19(16)24-14-17-7-2-4-8-18(17)20/h2-9,15,21-23H,10-14H2,1H3/t15-/m1/s1. The van der Waals surface area contributed by atoms with Gasteiger partial charge in [0.25, 0.3) is 0 Å². The molecule has 5 heteroatoms. The van der Waals surface area contributed by atoms with Crippen LogP contribution in [0.25, 0.3) is 0 Å². The Bertz CT molecular complexity index is 620. The van der Waals surface area contributed by atoms with Gasteiger partial charge in [-0.05, 0) is 19.1 Å². The van der Waals surface area contributed by atoms with E-state index in [9.17, 15) is 4.39 Å². The Kier molecular flexibility index (Phi) is 7.68. The van der Waals surface area contributed by atoms with Crippen LogP contribution < -0.4 is 15.4 Å². The van der Waals surface area contributed by atoms with Crippen LogP contribution in [0.5, 0.6) is 5.75 Å². The van der Waals surface area contributed by atoms with E-state index >= 15 is 0 Å². The molecule has 130 valence electrons. The summed E-state index contributed by atoms with van der Waals surface area (Å²) in [5, 5.41) is 15.7. The van der Waals surface area contributed by atoms with Crippen molar-refractivity contribution in [2.24, 2.45) is 0 Å². The van der Waals surface area contributed by atoms with Gasteiger partial charge in [-0.1, -0.05) is 36.4 Å². The van der Waals surface area contributed by atoms with Gasteiger partial charge >= 0.3 is 0 Å². The third-order valence-corrected chi connectivity index (χ3v) is 3.55. The highest BCUT2D eigenvalue weighted by Gasteiger charge is 2.05. The van der Waals surface area contributed by atoms with Gasteiger partial charge in [0.15, 0.2) is 0 Å². The average Bonchev–Trinajstić information content (AvgIpc) is 2.58. The maximum Gasteiger partial charge on any atom is 0.129 e. The molecule has 24 heavy (non-hydrogen) atoms. The lowest BCUT2D eigenvalue weighted by Gasteiger charge is -2.13. The van der Waals surface area contributed by atoms with Crippen LogP contribution in [0.2, 0.25) is 0 Å². The number of hydrogen-bond donors (Lipinski definition) is 3. The molecule has 0 spiro atoms. The van der Waals surface area contributed by atoms with Gasteiger partial charge in [-0.2, -0.15) is 0 Å². The van der Waals surface area contributed by atoms with Gasteiger partial charge in [-0.25, -0.2) is 4.39 Å². The number of aliphatic hydroxyl groups excluding tert-OH is 1. The van der Waals surface area contributed by atoms with Crippen molar-refractivity contribution in [2.45, 2.75) is 26.2 Å². The van der Waals surface area contributed by atoms with E-state index in [-0.39, 0.29) is 18.5 Å². The van der Waals surface area contributed by atoms with Gasteiger partial charge in [-0.3, -0.25) is 0 Å². The van der Waals surface area contributed by atoms with E-state index in [0.717, 1.165) is 24.4 Å².